The van der Waals surface area contributed by atoms with Gasteiger partial charge in [-0.2, -0.15) is 5.26 Å². The minimum absolute atomic E-state index is 0.285. The number of aliphatic hydroxyl groups excluding tert-OH is 1. The highest BCUT2D eigenvalue weighted by atomic mass is 35.5. The number of aliphatic hydroxyl groups is 1. The number of hydrogen-bond acceptors (Lipinski definition) is 3. The molecule has 102 valence electrons. The van der Waals surface area contributed by atoms with Gasteiger partial charge in [0.2, 0.25) is 0 Å². The third-order valence-electron chi connectivity index (χ3n) is 2.73. The molecule has 0 unspecified atom stereocenters. The van der Waals surface area contributed by atoms with Crippen LogP contribution in [0.15, 0.2) is 36.4 Å². The molecule has 2 rings (SSSR count). The molecule has 2 aromatic rings. The third-order valence-corrected chi connectivity index (χ3v) is 3.53. The molecule has 0 aliphatic carbocycles. The molecular weight excluding hydrogens is 297 g/mol. The topological polar surface area (TPSA) is 53.2 Å². The van der Waals surface area contributed by atoms with Crippen LogP contribution in [-0.2, 0) is 0 Å². The zero-order chi connectivity index (χ0) is 14.7. The number of halogens is 2. The summed E-state index contributed by atoms with van der Waals surface area (Å²) in [6.45, 7) is 1.62. The van der Waals surface area contributed by atoms with Gasteiger partial charge in [0.05, 0.1) is 22.8 Å². The summed E-state index contributed by atoms with van der Waals surface area (Å²) in [4.78, 5) is 0. The Morgan fingerprint density at radius 2 is 1.95 bits per heavy atom. The van der Waals surface area contributed by atoms with Crippen molar-refractivity contribution in [1.29, 1.82) is 5.26 Å². The molecule has 5 heteroatoms. The average Bonchev–Trinajstić information content (AvgIpc) is 2.43. The van der Waals surface area contributed by atoms with E-state index in [9.17, 15) is 5.11 Å². The molecular formula is C15H11Cl2NO2. The van der Waals surface area contributed by atoms with Gasteiger partial charge in [0.15, 0.2) is 0 Å². The van der Waals surface area contributed by atoms with Gasteiger partial charge in [-0.1, -0.05) is 35.3 Å². The maximum Gasteiger partial charge on any atom is 0.147 e. The number of benzene rings is 2. The van der Waals surface area contributed by atoms with Crippen LogP contribution in [0.3, 0.4) is 0 Å². The van der Waals surface area contributed by atoms with Crippen LogP contribution >= 0.6 is 23.2 Å². The SMILES string of the molecule is C[C@@H](O)c1ccc(C#N)cc1Oc1cccc(Cl)c1Cl. The fourth-order valence-corrected chi connectivity index (χ4v) is 2.05. The summed E-state index contributed by atoms with van der Waals surface area (Å²) in [5.74, 6) is 0.749. The van der Waals surface area contributed by atoms with Crippen molar-refractivity contribution in [3.05, 3.63) is 57.6 Å². The molecule has 1 atom stereocenters. The summed E-state index contributed by atoms with van der Waals surface area (Å²) in [6, 6.07) is 11.9. The van der Waals surface area contributed by atoms with E-state index in [1.807, 2.05) is 6.07 Å². The van der Waals surface area contributed by atoms with Crippen molar-refractivity contribution in [2.24, 2.45) is 0 Å². The number of ether oxygens (including phenoxy) is 1. The average molecular weight is 308 g/mol. The Kier molecular flexibility index (Phi) is 4.51. The van der Waals surface area contributed by atoms with Gasteiger partial charge in [-0.25, -0.2) is 0 Å². The first kappa shape index (κ1) is 14.7. The lowest BCUT2D eigenvalue weighted by Gasteiger charge is -2.14. The molecule has 0 amide bonds. The standard InChI is InChI=1S/C15H11Cl2NO2/c1-9(19)11-6-5-10(8-18)7-14(11)20-13-4-2-3-12(16)15(13)17/h2-7,9,19H,1H3/t9-/m1/s1. The van der Waals surface area contributed by atoms with Crippen LogP contribution in [0.25, 0.3) is 0 Å². The fraction of sp³-hybridized carbons (Fsp3) is 0.133. The van der Waals surface area contributed by atoms with Crippen LogP contribution < -0.4 is 4.74 Å². The van der Waals surface area contributed by atoms with Gasteiger partial charge < -0.3 is 9.84 Å². The van der Waals surface area contributed by atoms with E-state index >= 15 is 0 Å². The molecule has 3 nitrogen and oxygen atoms in total. The van der Waals surface area contributed by atoms with Gasteiger partial charge in [0.1, 0.15) is 16.5 Å². The van der Waals surface area contributed by atoms with E-state index in [0.717, 1.165) is 0 Å². The van der Waals surface area contributed by atoms with E-state index in [2.05, 4.69) is 0 Å². The smallest absolute Gasteiger partial charge is 0.147 e. The molecule has 0 aromatic heterocycles. The minimum atomic E-state index is -0.726. The summed E-state index contributed by atoms with van der Waals surface area (Å²) in [6.07, 6.45) is -0.726. The highest BCUT2D eigenvalue weighted by Crippen LogP contribution is 2.37. The fourth-order valence-electron chi connectivity index (χ4n) is 1.72. The Morgan fingerprint density at radius 3 is 2.60 bits per heavy atom. The first-order valence-corrected chi connectivity index (χ1v) is 6.62. The zero-order valence-electron chi connectivity index (χ0n) is 10.6. The molecule has 0 saturated carbocycles. The molecule has 0 saturated heterocycles. The largest absolute Gasteiger partial charge is 0.455 e. The lowest BCUT2D eigenvalue weighted by atomic mass is 10.1. The van der Waals surface area contributed by atoms with Gasteiger partial charge in [-0.15, -0.1) is 0 Å². The zero-order valence-corrected chi connectivity index (χ0v) is 12.1. The van der Waals surface area contributed by atoms with Crippen LogP contribution in [0.4, 0.5) is 0 Å². The first-order chi connectivity index (χ1) is 9.52. The molecule has 20 heavy (non-hydrogen) atoms. The maximum absolute atomic E-state index is 9.75. The molecule has 0 bridgehead atoms. The molecule has 0 aliphatic heterocycles. The van der Waals surface area contributed by atoms with Gasteiger partial charge in [-0.3, -0.25) is 0 Å². The highest BCUT2D eigenvalue weighted by molar-refractivity contribution is 6.42. The van der Waals surface area contributed by atoms with E-state index in [1.165, 1.54) is 0 Å². The second-order valence-electron chi connectivity index (χ2n) is 4.19. The summed E-state index contributed by atoms with van der Waals surface area (Å²) < 4.78 is 5.70. The highest BCUT2D eigenvalue weighted by Gasteiger charge is 2.13. The van der Waals surface area contributed by atoms with Gasteiger partial charge in [0.25, 0.3) is 0 Å². The van der Waals surface area contributed by atoms with Crippen LogP contribution in [0.1, 0.15) is 24.2 Å². The Morgan fingerprint density at radius 1 is 1.20 bits per heavy atom. The molecule has 0 heterocycles. The molecule has 0 radical (unpaired) electrons. The lowest BCUT2D eigenvalue weighted by Crippen LogP contribution is -1.97. The predicted molar refractivity (Wildman–Crippen MR) is 78.3 cm³/mol. The molecule has 0 aliphatic rings. The van der Waals surface area contributed by atoms with Crippen molar-refractivity contribution in [2.45, 2.75) is 13.0 Å². The van der Waals surface area contributed by atoms with Crippen LogP contribution in [-0.4, -0.2) is 5.11 Å². The van der Waals surface area contributed by atoms with E-state index in [-0.39, 0.29) is 5.02 Å². The van der Waals surface area contributed by atoms with Crippen molar-refractivity contribution < 1.29 is 9.84 Å². The predicted octanol–water partition coefficient (Wildman–Crippen LogP) is 4.71. The Hall–Kier alpha value is -1.73. The monoisotopic (exact) mass is 307 g/mol. The van der Waals surface area contributed by atoms with Crippen molar-refractivity contribution >= 4 is 23.2 Å². The minimum Gasteiger partial charge on any atom is -0.455 e. The number of hydrogen-bond donors (Lipinski definition) is 1. The van der Waals surface area contributed by atoms with Gasteiger partial charge in [-0.05, 0) is 31.2 Å². The maximum atomic E-state index is 9.75. The summed E-state index contributed by atoms with van der Waals surface area (Å²) in [7, 11) is 0. The van der Waals surface area contributed by atoms with Crippen molar-refractivity contribution in [2.75, 3.05) is 0 Å². The number of nitrogens with zero attached hydrogens (tertiary/aromatic N) is 1. The molecule has 0 spiro atoms. The van der Waals surface area contributed by atoms with E-state index in [0.29, 0.717) is 27.6 Å². The molecule has 0 fully saturated rings. The second-order valence-corrected chi connectivity index (χ2v) is 4.98. The Bertz CT molecular complexity index is 678. The Balaban J connectivity index is 2.46. The summed E-state index contributed by atoms with van der Waals surface area (Å²) in [5.41, 5.74) is 1.00. The van der Waals surface area contributed by atoms with Crippen LogP contribution in [0, 0.1) is 11.3 Å². The van der Waals surface area contributed by atoms with E-state index < -0.39 is 6.10 Å². The van der Waals surface area contributed by atoms with Crippen LogP contribution in [0.5, 0.6) is 11.5 Å². The van der Waals surface area contributed by atoms with Crippen molar-refractivity contribution in [3.8, 4) is 17.6 Å². The van der Waals surface area contributed by atoms with Gasteiger partial charge >= 0.3 is 0 Å². The summed E-state index contributed by atoms with van der Waals surface area (Å²) >= 11 is 12.0. The van der Waals surface area contributed by atoms with Gasteiger partial charge in [0, 0.05) is 5.56 Å². The molecule has 1 N–H and O–H groups in total. The summed E-state index contributed by atoms with van der Waals surface area (Å²) in [5, 5.41) is 19.3. The van der Waals surface area contributed by atoms with Crippen LogP contribution in [0.2, 0.25) is 10.0 Å². The van der Waals surface area contributed by atoms with E-state index in [1.54, 1.807) is 43.3 Å². The van der Waals surface area contributed by atoms with Crippen molar-refractivity contribution in [3.63, 3.8) is 0 Å². The van der Waals surface area contributed by atoms with E-state index in [4.69, 9.17) is 33.2 Å². The van der Waals surface area contributed by atoms with Crippen molar-refractivity contribution in [1.82, 2.24) is 0 Å². The second kappa shape index (κ2) is 6.15. The first-order valence-electron chi connectivity index (χ1n) is 5.87. The Labute approximate surface area is 126 Å². The number of rotatable bonds is 3. The third kappa shape index (κ3) is 3.05. The molecule has 2 aromatic carbocycles. The quantitative estimate of drug-likeness (QED) is 0.893. The lowest BCUT2D eigenvalue weighted by molar-refractivity contribution is 0.195. The normalized spacial score (nSPS) is 11.8. The number of nitriles is 1.